The lowest BCUT2D eigenvalue weighted by Gasteiger charge is -1.90. The minimum atomic E-state index is -0.159. The van der Waals surface area contributed by atoms with Crippen LogP contribution in [-0.2, 0) is 7.05 Å². The number of nitriles is 1. The molecule has 0 spiro atoms. The molecule has 1 aromatic rings. The third-order valence-electron chi connectivity index (χ3n) is 1.26. The molecule has 0 saturated heterocycles. The minimum Gasteiger partial charge on any atom is -0.255 e. The lowest BCUT2D eigenvalue weighted by atomic mass is 10.1. The zero-order chi connectivity index (χ0) is 7.56. The molecule has 0 radical (unpaired) electrons. The smallest absolute Gasteiger partial charge is 0.0995 e. The second kappa shape index (κ2) is 2.48. The van der Waals surface area contributed by atoms with Gasteiger partial charge in [0.15, 0.2) is 0 Å². The van der Waals surface area contributed by atoms with Crippen molar-refractivity contribution in [2.75, 3.05) is 0 Å². The number of hydrogen-bond donors (Lipinski definition) is 0. The number of rotatable bonds is 1. The highest BCUT2D eigenvalue weighted by atomic mass is 15.4. The molecule has 10 heavy (non-hydrogen) atoms. The zero-order valence-electron chi connectivity index (χ0n) is 5.94. The van der Waals surface area contributed by atoms with Crippen LogP contribution < -0.4 is 0 Å². The van der Waals surface area contributed by atoms with Gasteiger partial charge in [0, 0.05) is 13.2 Å². The molecule has 1 atom stereocenters. The third kappa shape index (κ3) is 1.13. The maximum absolute atomic E-state index is 8.47. The molecule has 1 aromatic heterocycles. The van der Waals surface area contributed by atoms with E-state index in [4.69, 9.17) is 5.26 Å². The second-order valence-electron chi connectivity index (χ2n) is 2.17. The van der Waals surface area contributed by atoms with Gasteiger partial charge in [-0.05, 0) is 6.92 Å². The Balaban J connectivity index is 2.87. The van der Waals surface area contributed by atoms with Crippen molar-refractivity contribution in [3.63, 3.8) is 0 Å². The molecule has 1 rings (SSSR count). The van der Waals surface area contributed by atoms with Crippen LogP contribution in [0.1, 0.15) is 18.5 Å². The van der Waals surface area contributed by atoms with E-state index in [1.54, 1.807) is 24.9 Å². The van der Waals surface area contributed by atoms with Crippen LogP contribution in [-0.4, -0.2) is 15.0 Å². The summed E-state index contributed by atoms with van der Waals surface area (Å²) in [6, 6.07) is 2.08. The Morgan fingerprint density at radius 1 is 1.80 bits per heavy atom. The summed E-state index contributed by atoms with van der Waals surface area (Å²) < 4.78 is 1.59. The number of aromatic nitrogens is 3. The van der Waals surface area contributed by atoms with Crippen molar-refractivity contribution in [3.8, 4) is 6.07 Å². The standard InChI is InChI=1S/C6H8N4/c1-5(3-7)6-4-10(2)9-8-6/h4-5H,1-2H3. The predicted octanol–water partition coefficient (Wildman–Crippen LogP) is 0.442. The van der Waals surface area contributed by atoms with Gasteiger partial charge in [0.05, 0.1) is 17.7 Å². The first-order valence-corrected chi connectivity index (χ1v) is 3.00. The first-order valence-electron chi connectivity index (χ1n) is 3.00. The molecule has 0 aliphatic heterocycles. The molecule has 0 fully saturated rings. The molecule has 4 nitrogen and oxygen atoms in total. The van der Waals surface area contributed by atoms with Crippen LogP contribution in [0.25, 0.3) is 0 Å². The van der Waals surface area contributed by atoms with E-state index < -0.39 is 0 Å². The highest BCUT2D eigenvalue weighted by molar-refractivity contribution is 5.09. The largest absolute Gasteiger partial charge is 0.255 e. The number of aryl methyl sites for hydroxylation is 1. The average Bonchev–Trinajstić information content (AvgIpc) is 2.34. The van der Waals surface area contributed by atoms with E-state index in [1.165, 1.54) is 0 Å². The van der Waals surface area contributed by atoms with Gasteiger partial charge in [-0.1, -0.05) is 5.21 Å². The number of nitrogens with zero attached hydrogens (tertiary/aromatic N) is 4. The second-order valence-corrected chi connectivity index (χ2v) is 2.17. The lowest BCUT2D eigenvalue weighted by molar-refractivity contribution is 0.712. The zero-order valence-corrected chi connectivity index (χ0v) is 5.94. The van der Waals surface area contributed by atoms with Gasteiger partial charge in [-0.2, -0.15) is 5.26 Å². The van der Waals surface area contributed by atoms with Crippen molar-refractivity contribution in [1.29, 1.82) is 5.26 Å². The topological polar surface area (TPSA) is 54.5 Å². The van der Waals surface area contributed by atoms with Gasteiger partial charge in [-0.3, -0.25) is 4.68 Å². The van der Waals surface area contributed by atoms with Gasteiger partial charge in [0.1, 0.15) is 0 Å². The molecule has 1 unspecified atom stereocenters. The summed E-state index contributed by atoms with van der Waals surface area (Å²) >= 11 is 0. The van der Waals surface area contributed by atoms with Gasteiger partial charge in [0.2, 0.25) is 0 Å². The predicted molar refractivity (Wildman–Crippen MR) is 35.0 cm³/mol. The van der Waals surface area contributed by atoms with Crippen molar-refractivity contribution in [2.24, 2.45) is 7.05 Å². The summed E-state index contributed by atoms with van der Waals surface area (Å²) in [5.41, 5.74) is 0.727. The monoisotopic (exact) mass is 136 g/mol. The van der Waals surface area contributed by atoms with E-state index in [-0.39, 0.29) is 5.92 Å². The first kappa shape index (κ1) is 6.75. The van der Waals surface area contributed by atoms with Crippen molar-refractivity contribution < 1.29 is 0 Å². The Morgan fingerprint density at radius 2 is 2.50 bits per heavy atom. The van der Waals surface area contributed by atoms with E-state index in [0.717, 1.165) is 5.69 Å². The van der Waals surface area contributed by atoms with Crippen LogP contribution in [0.4, 0.5) is 0 Å². The summed E-state index contributed by atoms with van der Waals surface area (Å²) in [6.45, 7) is 1.80. The molecule has 4 heteroatoms. The molecule has 0 N–H and O–H groups in total. The summed E-state index contributed by atoms with van der Waals surface area (Å²) in [5.74, 6) is -0.159. The molecule has 52 valence electrons. The van der Waals surface area contributed by atoms with E-state index in [9.17, 15) is 0 Å². The molecular weight excluding hydrogens is 128 g/mol. The fourth-order valence-corrected chi connectivity index (χ4v) is 0.630. The van der Waals surface area contributed by atoms with Gasteiger partial charge in [0.25, 0.3) is 0 Å². The fourth-order valence-electron chi connectivity index (χ4n) is 0.630. The van der Waals surface area contributed by atoms with Crippen LogP contribution in [0.15, 0.2) is 6.20 Å². The molecule has 0 aliphatic rings. The first-order chi connectivity index (χ1) is 4.74. The molecule has 1 heterocycles. The molecule has 0 amide bonds. The normalized spacial score (nSPS) is 12.5. The Kier molecular flexibility index (Phi) is 1.67. The van der Waals surface area contributed by atoms with Gasteiger partial charge in [-0.25, -0.2) is 0 Å². The quantitative estimate of drug-likeness (QED) is 0.563. The van der Waals surface area contributed by atoms with E-state index in [2.05, 4.69) is 16.4 Å². The SMILES string of the molecule is CC(C#N)c1cn(C)nn1. The van der Waals surface area contributed by atoms with Gasteiger partial charge < -0.3 is 0 Å². The Labute approximate surface area is 59.1 Å². The van der Waals surface area contributed by atoms with Crippen LogP contribution >= 0.6 is 0 Å². The van der Waals surface area contributed by atoms with Crippen molar-refractivity contribution in [2.45, 2.75) is 12.8 Å². The fraction of sp³-hybridized carbons (Fsp3) is 0.500. The molecule has 0 bridgehead atoms. The van der Waals surface area contributed by atoms with Gasteiger partial charge in [-0.15, -0.1) is 5.10 Å². The summed E-state index contributed by atoms with van der Waals surface area (Å²) in [6.07, 6.45) is 1.74. The highest BCUT2D eigenvalue weighted by Gasteiger charge is 2.06. The maximum atomic E-state index is 8.47. The van der Waals surface area contributed by atoms with E-state index in [1.807, 2.05) is 0 Å². The maximum Gasteiger partial charge on any atom is 0.0995 e. The van der Waals surface area contributed by atoms with Crippen molar-refractivity contribution in [3.05, 3.63) is 11.9 Å². The molecular formula is C6H8N4. The van der Waals surface area contributed by atoms with Crippen molar-refractivity contribution >= 4 is 0 Å². The Hall–Kier alpha value is -1.37. The Bertz CT molecular complexity index is 257. The summed E-state index contributed by atoms with van der Waals surface area (Å²) in [4.78, 5) is 0. The van der Waals surface area contributed by atoms with Crippen LogP contribution in [0.2, 0.25) is 0 Å². The molecule has 0 saturated carbocycles. The molecule has 0 aromatic carbocycles. The Morgan fingerprint density at radius 3 is 2.90 bits per heavy atom. The summed E-state index contributed by atoms with van der Waals surface area (Å²) in [5, 5.41) is 15.9. The van der Waals surface area contributed by atoms with Crippen molar-refractivity contribution in [1.82, 2.24) is 15.0 Å². The van der Waals surface area contributed by atoms with Crippen LogP contribution in [0.5, 0.6) is 0 Å². The minimum absolute atomic E-state index is 0.159. The third-order valence-corrected chi connectivity index (χ3v) is 1.26. The highest BCUT2D eigenvalue weighted by Crippen LogP contribution is 2.07. The van der Waals surface area contributed by atoms with E-state index >= 15 is 0 Å². The van der Waals surface area contributed by atoms with Crippen LogP contribution in [0, 0.1) is 11.3 Å². The van der Waals surface area contributed by atoms with Gasteiger partial charge >= 0.3 is 0 Å². The van der Waals surface area contributed by atoms with Crippen LogP contribution in [0.3, 0.4) is 0 Å². The van der Waals surface area contributed by atoms with E-state index in [0.29, 0.717) is 0 Å². The lowest BCUT2D eigenvalue weighted by Crippen LogP contribution is -1.88. The summed E-state index contributed by atoms with van der Waals surface area (Å²) in [7, 11) is 1.78. The molecule has 0 aliphatic carbocycles. The average molecular weight is 136 g/mol. The number of hydrogen-bond acceptors (Lipinski definition) is 3.